The first-order chi connectivity index (χ1) is 11.4. The van der Waals surface area contributed by atoms with Crippen LogP contribution in [0.2, 0.25) is 5.02 Å². The number of nitrogens with zero attached hydrogens (tertiary/aromatic N) is 1. The van der Waals surface area contributed by atoms with E-state index in [2.05, 4.69) is 5.32 Å². The molecule has 24 heavy (non-hydrogen) atoms. The summed E-state index contributed by atoms with van der Waals surface area (Å²) in [6, 6.07) is 11.8. The number of carbonyl (C=O) groups is 2. The molecule has 1 atom stereocenters. The number of nitro benzene ring substituents is 1. The molecule has 0 aliphatic rings. The van der Waals surface area contributed by atoms with Crippen molar-refractivity contribution in [2.75, 3.05) is 5.32 Å². The third kappa shape index (κ3) is 4.30. The molecule has 7 nitrogen and oxygen atoms in total. The molecule has 0 aromatic heterocycles. The molecule has 0 aliphatic carbocycles. The Bertz CT molecular complexity index is 776. The van der Waals surface area contributed by atoms with Crippen LogP contribution in [-0.2, 0) is 9.53 Å². The van der Waals surface area contributed by atoms with Crippen LogP contribution in [0.5, 0.6) is 0 Å². The summed E-state index contributed by atoms with van der Waals surface area (Å²) in [5.41, 5.74) is -0.112. The number of ether oxygens (including phenoxy) is 1. The Balaban J connectivity index is 2.04. The highest BCUT2D eigenvalue weighted by Gasteiger charge is 2.24. The summed E-state index contributed by atoms with van der Waals surface area (Å²) in [6.07, 6.45) is -1.13. The summed E-state index contributed by atoms with van der Waals surface area (Å²) in [6.45, 7) is 1.37. The first-order valence-corrected chi connectivity index (χ1v) is 7.27. The lowest BCUT2D eigenvalue weighted by Crippen LogP contribution is -2.30. The largest absolute Gasteiger partial charge is 0.449 e. The van der Waals surface area contributed by atoms with Crippen LogP contribution in [0.4, 0.5) is 11.4 Å². The van der Waals surface area contributed by atoms with Gasteiger partial charge in [-0.25, -0.2) is 4.79 Å². The van der Waals surface area contributed by atoms with E-state index < -0.39 is 22.9 Å². The second-order valence-electron chi connectivity index (χ2n) is 4.82. The molecule has 8 heteroatoms. The van der Waals surface area contributed by atoms with Gasteiger partial charge in [0.15, 0.2) is 6.10 Å². The summed E-state index contributed by atoms with van der Waals surface area (Å²) in [7, 11) is 0. The number of anilines is 1. The lowest BCUT2D eigenvalue weighted by molar-refractivity contribution is -0.385. The minimum absolute atomic E-state index is 0.214. The minimum atomic E-state index is -1.13. The third-order valence-electron chi connectivity index (χ3n) is 3.09. The molecule has 0 saturated carbocycles. The van der Waals surface area contributed by atoms with Gasteiger partial charge in [-0.2, -0.15) is 0 Å². The molecule has 0 bridgehead atoms. The van der Waals surface area contributed by atoms with E-state index in [9.17, 15) is 19.7 Å². The van der Waals surface area contributed by atoms with E-state index in [1.54, 1.807) is 24.3 Å². The lowest BCUT2D eigenvalue weighted by atomic mass is 10.2. The Hall–Kier alpha value is -2.93. The molecule has 0 radical (unpaired) electrons. The van der Waals surface area contributed by atoms with E-state index in [0.29, 0.717) is 10.7 Å². The number of rotatable bonds is 5. The summed E-state index contributed by atoms with van der Waals surface area (Å²) in [5, 5.41) is 14.0. The summed E-state index contributed by atoms with van der Waals surface area (Å²) in [4.78, 5) is 34.3. The number of amides is 1. The normalized spacial score (nSPS) is 11.4. The average molecular weight is 349 g/mol. The van der Waals surface area contributed by atoms with Crippen LogP contribution >= 0.6 is 11.6 Å². The maximum Gasteiger partial charge on any atom is 0.345 e. The van der Waals surface area contributed by atoms with Crippen LogP contribution in [0, 0.1) is 10.1 Å². The van der Waals surface area contributed by atoms with Crippen molar-refractivity contribution in [3.05, 3.63) is 69.2 Å². The van der Waals surface area contributed by atoms with Gasteiger partial charge in [-0.05, 0) is 37.3 Å². The maximum absolute atomic E-state index is 12.1. The molecule has 2 aromatic carbocycles. The van der Waals surface area contributed by atoms with Gasteiger partial charge in [0.2, 0.25) is 0 Å². The Morgan fingerprint density at radius 3 is 2.42 bits per heavy atom. The van der Waals surface area contributed by atoms with Crippen molar-refractivity contribution >= 4 is 34.9 Å². The zero-order chi connectivity index (χ0) is 17.7. The van der Waals surface area contributed by atoms with Crippen LogP contribution in [0.15, 0.2) is 48.5 Å². The SMILES string of the molecule is CC(OC(=O)c1ccccc1[N+](=O)[O-])C(=O)Nc1ccc(Cl)cc1. The van der Waals surface area contributed by atoms with Crippen molar-refractivity contribution in [1.82, 2.24) is 0 Å². The number of esters is 1. The van der Waals surface area contributed by atoms with E-state index in [0.717, 1.165) is 0 Å². The van der Waals surface area contributed by atoms with Crippen LogP contribution in [0.1, 0.15) is 17.3 Å². The zero-order valence-electron chi connectivity index (χ0n) is 12.6. The molecule has 2 aromatic rings. The Labute approximate surface area is 142 Å². The summed E-state index contributed by atoms with van der Waals surface area (Å²) < 4.78 is 5.00. The number of carbonyl (C=O) groups excluding carboxylic acids is 2. The Morgan fingerprint density at radius 2 is 1.79 bits per heavy atom. The monoisotopic (exact) mass is 348 g/mol. The van der Waals surface area contributed by atoms with E-state index in [1.165, 1.54) is 31.2 Å². The van der Waals surface area contributed by atoms with Gasteiger partial charge < -0.3 is 10.1 Å². The third-order valence-corrected chi connectivity index (χ3v) is 3.34. The van der Waals surface area contributed by atoms with Gasteiger partial charge in [-0.3, -0.25) is 14.9 Å². The molecule has 0 saturated heterocycles. The predicted octanol–water partition coefficient (Wildman–Crippen LogP) is 3.43. The van der Waals surface area contributed by atoms with Crippen LogP contribution in [0.25, 0.3) is 0 Å². The molecular formula is C16H13ClN2O5. The average Bonchev–Trinajstić information content (AvgIpc) is 2.56. The molecule has 0 fully saturated rings. The van der Waals surface area contributed by atoms with E-state index in [1.807, 2.05) is 0 Å². The van der Waals surface area contributed by atoms with Crippen molar-refractivity contribution in [3.8, 4) is 0 Å². The quantitative estimate of drug-likeness (QED) is 0.507. The highest BCUT2D eigenvalue weighted by Crippen LogP contribution is 2.19. The molecule has 124 valence electrons. The van der Waals surface area contributed by atoms with Gasteiger partial charge >= 0.3 is 5.97 Å². The summed E-state index contributed by atoms with van der Waals surface area (Å²) >= 11 is 5.75. The van der Waals surface area contributed by atoms with Crippen molar-refractivity contribution < 1.29 is 19.2 Å². The predicted molar refractivity (Wildman–Crippen MR) is 88.1 cm³/mol. The molecule has 2 rings (SSSR count). The zero-order valence-corrected chi connectivity index (χ0v) is 13.3. The number of para-hydroxylation sites is 1. The van der Waals surface area contributed by atoms with Crippen molar-refractivity contribution in [2.45, 2.75) is 13.0 Å². The minimum Gasteiger partial charge on any atom is -0.449 e. The fourth-order valence-corrected chi connectivity index (χ4v) is 1.99. The van der Waals surface area contributed by atoms with Gasteiger partial charge in [0.25, 0.3) is 11.6 Å². The molecule has 0 heterocycles. The van der Waals surface area contributed by atoms with Crippen LogP contribution in [-0.4, -0.2) is 22.9 Å². The highest BCUT2D eigenvalue weighted by molar-refractivity contribution is 6.30. The van der Waals surface area contributed by atoms with Gasteiger partial charge in [-0.15, -0.1) is 0 Å². The first-order valence-electron chi connectivity index (χ1n) is 6.89. The second kappa shape index (κ2) is 7.56. The number of benzene rings is 2. The van der Waals surface area contributed by atoms with Gasteiger partial charge in [0, 0.05) is 16.8 Å². The number of halogens is 1. The second-order valence-corrected chi connectivity index (χ2v) is 5.25. The van der Waals surface area contributed by atoms with Crippen molar-refractivity contribution in [2.24, 2.45) is 0 Å². The number of nitrogens with one attached hydrogen (secondary N) is 1. The smallest absolute Gasteiger partial charge is 0.345 e. The fourth-order valence-electron chi connectivity index (χ4n) is 1.86. The van der Waals surface area contributed by atoms with Gasteiger partial charge in [0.1, 0.15) is 5.56 Å². The maximum atomic E-state index is 12.1. The lowest BCUT2D eigenvalue weighted by Gasteiger charge is -2.13. The van der Waals surface area contributed by atoms with E-state index >= 15 is 0 Å². The molecule has 0 spiro atoms. The molecule has 0 aliphatic heterocycles. The Kier molecular flexibility index (Phi) is 5.49. The molecule has 1 unspecified atom stereocenters. The Morgan fingerprint density at radius 1 is 1.17 bits per heavy atom. The van der Waals surface area contributed by atoms with Gasteiger partial charge in [0.05, 0.1) is 4.92 Å². The molecule has 1 amide bonds. The molecular weight excluding hydrogens is 336 g/mol. The van der Waals surface area contributed by atoms with Gasteiger partial charge in [-0.1, -0.05) is 23.7 Å². The first kappa shape index (κ1) is 17.4. The fraction of sp³-hybridized carbons (Fsp3) is 0.125. The van der Waals surface area contributed by atoms with E-state index in [-0.39, 0.29) is 11.3 Å². The number of hydrogen-bond donors (Lipinski definition) is 1. The van der Waals surface area contributed by atoms with E-state index in [4.69, 9.17) is 16.3 Å². The number of hydrogen-bond acceptors (Lipinski definition) is 5. The molecule has 1 N–H and O–H groups in total. The number of nitro groups is 1. The van der Waals surface area contributed by atoms with Crippen molar-refractivity contribution in [3.63, 3.8) is 0 Å². The summed E-state index contributed by atoms with van der Waals surface area (Å²) in [5.74, 6) is -1.51. The van der Waals surface area contributed by atoms with Crippen LogP contribution in [0.3, 0.4) is 0 Å². The van der Waals surface area contributed by atoms with Crippen molar-refractivity contribution in [1.29, 1.82) is 0 Å². The van der Waals surface area contributed by atoms with Crippen LogP contribution < -0.4 is 5.32 Å². The highest BCUT2D eigenvalue weighted by atomic mass is 35.5. The topological polar surface area (TPSA) is 98.5 Å². The standard InChI is InChI=1S/C16H13ClN2O5/c1-10(15(20)18-12-8-6-11(17)7-9-12)24-16(21)13-4-2-3-5-14(13)19(22)23/h2-10H,1H3,(H,18,20).